The molecule has 1 aromatic rings. The fraction of sp³-hybridized carbons (Fsp3) is 0.462. The zero-order valence-corrected chi connectivity index (χ0v) is 13.0. The maximum absolute atomic E-state index is 12.1. The first-order chi connectivity index (χ1) is 9.00. The van der Waals surface area contributed by atoms with Crippen LogP contribution in [0.25, 0.3) is 0 Å². The van der Waals surface area contributed by atoms with Crippen LogP contribution in [-0.2, 0) is 10.0 Å². The number of benzene rings is 1. The molecule has 0 aliphatic rings. The topological polar surface area (TPSA) is 101 Å². The van der Waals surface area contributed by atoms with Crippen LogP contribution in [0.1, 0.15) is 29.8 Å². The summed E-state index contributed by atoms with van der Waals surface area (Å²) in [4.78, 5) is 12.1. The van der Waals surface area contributed by atoms with E-state index < -0.39 is 15.6 Å². The molecule has 0 aromatic heterocycles. The highest BCUT2D eigenvalue weighted by molar-refractivity contribution is 7.88. The Hall–Kier alpha value is -1.60. The molecule has 0 aliphatic heterocycles. The van der Waals surface area contributed by atoms with Crippen LogP contribution >= 0.6 is 0 Å². The molecule has 0 spiro atoms. The second kappa shape index (κ2) is 5.80. The predicted molar refractivity (Wildman–Crippen MR) is 80.0 cm³/mol. The summed E-state index contributed by atoms with van der Waals surface area (Å²) < 4.78 is 24.9. The Labute approximate surface area is 119 Å². The standard InChI is InChI=1S/C13H21N3O3S/c1-9-5-6-10(14)7-11(9)12(17)15-8-13(2,3)16-20(4,18)19/h5-7,16H,8,14H2,1-4H3,(H,15,17). The number of rotatable bonds is 5. The molecule has 1 aromatic carbocycles. The van der Waals surface area contributed by atoms with Crippen molar-refractivity contribution in [1.29, 1.82) is 0 Å². The lowest BCUT2D eigenvalue weighted by Gasteiger charge is -2.25. The molecule has 0 bridgehead atoms. The van der Waals surface area contributed by atoms with Gasteiger partial charge in [0.05, 0.1) is 6.26 Å². The molecule has 0 heterocycles. The van der Waals surface area contributed by atoms with Gasteiger partial charge in [-0.3, -0.25) is 4.79 Å². The number of nitrogen functional groups attached to an aromatic ring is 1. The van der Waals surface area contributed by atoms with Gasteiger partial charge in [0.2, 0.25) is 10.0 Å². The molecule has 4 N–H and O–H groups in total. The van der Waals surface area contributed by atoms with Crippen LogP contribution in [0.15, 0.2) is 18.2 Å². The summed E-state index contributed by atoms with van der Waals surface area (Å²) in [5.74, 6) is -0.279. The first kappa shape index (κ1) is 16.5. The van der Waals surface area contributed by atoms with E-state index in [0.717, 1.165) is 11.8 Å². The van der Waals surface area contributed by atoms with Gasteiger partial charge in [-0.1, -0.05) is 6.07 Å². The van der Waals surface area contributed by atoms with Crippen LogP contribution in [0.2, 0.25) is 0 Å². The molecule has 1 amide bonds. The van der Waals surface area contributed by atoms with Crippen molar-refractivity contribution in [2.75, 3.05) is 18.5 Å². The van der Waals surface area contributed by atoms with E-state index in [0.29, 0.717) is 11.3 Å². The van der Waals surface area contributed by atoms with Crippen LogP contribution in [0.4, 0.5) is 5.69 Å². The minimum Gasteiger partial charge on any atom is -0.399 e. The smallest absolute Gasteiger partial charge is 0.251 e. The number of nitrogens with two attached hydrogens (primary N) is 1. The Morgan fingerprint density at radius 3 is 2.50 bits per heavy atom. The molecule has 112 valence electrons. The fourth-order valence-electron chi connectivity index (χ4n) is 1.82. The van der Waals surface area contributed by atoms with Crippen LogP contribution in [0.3, 0.4) is 0 Å². The summed E-state index contributed by atoms with van der Waals surface area (Å²) in [5, 5.41) is 2.71. The molecule has 20 heavy (non-hydrogen) atoms. The summed E-state index contributed by atoms with van der Waals surface area (Å²) in [6.45, 7) is 5.38. The van der Waals surface area contributed by atoms with Crippen LogP contribution in [-0.4, -0.2) is 32.7 Å². The summed E-state index contributed by atoms with van der Waals surface area (Å²) in [6, 6.07) is 5.09. The summed E-state index contributed by atoms with van der Waals surface area (Å²) in [7, 11) is -3.33. The molecule has 0 atom stereocenters. The minimum atomic E-state index is -3.33. The van der Waals surface area contributed by atoms with Gasteiger partial charge < -0.3 is 11.1 Å². The molecular formula is C13H21N3O3S. The van der Waals surface area contributed by atoms with Crippen LogP contribution in [0, 0.1) is 6.92 Å². The molecular weight excluding hydrogens is 278 g/mol. The highest BCUT2D eigenvalue weighted by atomic mass is 32.2. The summed E-state index contributed by atoms with van der Waals surface area (Å²) in [5.41, 5.74) is 6.70. The third-order valence-electron chi connectivity index (χ3n) is 2.66. The van der Waals surface area contributed by atoms with E-state index in [4.69, 9.17) is 5.73 Å². The number of sulfonamides is 1. The largest absolute Gasteiger partial charge is 0.399 e. The van der Waals surface area contributed by atoms with Crippen LogP contribution < -0.4 is 15.8 Å². The second-order valence-electron chi connectivity index (χ2n) is 5.52. The molecule has 0 saturated heterocycles. The Morgan fingerprint density at radius 2 is 1.95 bits per heavy atom. The zero-order valence-electron chi connectivity index (χ0n) is 12.1. The highest BCUT2D eigenvalue weighted by Gasteiger charge is 2.23. The lowest BCUT2D eigenvalue weighted by molar-refractivity contribution is 0.0944. The lowest BCUT2D eigenvalue weighted by Crippen LogP contribution is -2.51. The van der Waals surface area contributed by atoms with Crippen molar-refractivity contribution >= 4 is 21.6 Å². The quantitative estimate of drug-likeness (QED) is 0.694. The van der Waals surface area contributed by atoms with E-state index in [-0.39, 0.29) is 12.5 Å². The Kier molecular flexibility index (Phi) is 4.77. The van der Waals surface area contributed by atoms with Crippen molar-refractivity contribution in [2.45, 2.75) is 26.3 Å². The van der Waals surface area contributed by atoms with E-state index in [1.54, 1.807) is 32.0 Å². The molecule has 0 aliphatic carbocycles. The molecule has 1 rings (SSSR count). The number of carbonyl (C=O) groups excluding carboxylic acids is 1. The van der Waals surface area contributed by atoms with E-state index in [1.807, 2.05) is 6.92 Å². The number of carbonyl (C=O) groups is 1. The van der Waals surface area contributed by atoms with Gasteiger partial charge in [0.15, 0.2) is 0 Å². The average molecular weight is 299 g/mol. The number of nitrogens with one attached hydrogen (secondary N) is 2. The number of amides is 1. The monoisotopic (exact) mass is 299 g/mol. The van der Waals surface area contributed by atoms with E-state index in [1.165, 1.54) is 0 Å². The maximum atomic E-state index is 12.1. The molecule has 0 radical (unpaired) electrons. The van der Waals surface area contributed by atoms with Gasteiger partial charge in [-0.05, 0) is 38.5 Å². The zero-order chi connectivity index (χ0) is 15.6. The van der Waals surface area contributed by atoms with Gasteiger partial charge in [0.25, 0.3) is 5.91 Å². The predicted octanol–water partition coefficient (Wildman–Crippen LogP) is 0.635. The maximum Gasteiger partial charge on any atom is 0.251 e. The SMILES string of the molecule is Cc1ccc(N)cc1C(=O)NCC(C)(C)NS(C)(=O)=O. The lowest BCUT2D eigenvalue weighted by atomic mass is 10.1. The van der Waals surface area contributed by atoms with E-state index >= 15 is 0 Å². The van der Waals surface area contributed by atoms with Gasteiger partial charge in [0, 0.05) is 23.3 Å². The first-order valence-corrected chi connectivity index (χ1v) is 8.03. The number of anilines is 1. The molecule has 7 heteroatoms. The average Bonchev–Trinajstić information content (AvgIpc) is 2.26. The van der Waals surface area contributed by atoms with Crippen molar-refractivity contribution in [3.63, 3.8) is 0 Å². The highest BCUT2D eigenvalue weighted by Crippen LogP contribution is 2.13. The Morgan fingerprint density at radius 1 is 1.35 bits per heavy atom. The van der Waals surface area contributed by atoms with Gasteiger partial charge in [0.1, 0.15) is 0 Å². The molecule has 0 saturated carbocycles. The molecule has 0 fully saturated rings. The third-order valence-corrected chi connectivity index (χ3v) is 3.58. The first-order valence-electron chi connectivity index (χ1n) is 6.13. The van der Waals surface area contributed by atoms with Crippen molar-refractivity contribution in [1.82, 2.24) is 10.0 Å². The summed E-state index contributed by atoms with van der Waals surface area (Å²) in [6.07, 6.45) is 1.08. The van der Waals surface area contributed by atoms with Crippen molar-refractivity contribution in [3.8, 4) is 0 Å². The second-order valence-corrected chi connectivity index (χ2v) is 7.26. The van der Waals surface area contributed by atoms with Gasteiger partial charge in [-0.15, -0.1) is 0 Å². The number of hydrogen-bond donors (Lipinski definition) is 3. The van der Waals surface area contributed by atoms with Crippen molar-refractivity contribution in [2.24, 2.45) is 0 Å². The fourth-order valence-corrected chi connectivity index (χ4v) is 2.89. The normalized spacial score (nSPS) is 12.2. The number of aryl methyl sites for hydroxylation is 1. The van der Waals surface area contributed by atoms with Gasteiger partial charge in [-0.25, -0.2) is 13.1 Å². The summed E-state index contributed by atoms with van der Waals surface area (Å²) >= 11 is 0. The minimum absolute atomic E-state index is 0.174. The number of hydrogen-bond acceptors (Lipinski definition) is 4. The Balaban J connectivity index is 2.75. The third kappa shape index (κ3) is 5.18. The molecule has 6 nitrogen and oxygen atoms in total. The van der Waals surface area contributed by atoms with Crippen molar-refractivity contribution < 1.29 is 13.2 Å². The van der Waals surface area contributed by atoms with E-state index in [2.05, 4.69) is 10.0 Å². The van der Waals surface area contributed by atoms with Gasteiger partial charge >= 0.3 is 0 Å². The van der Waals surface area contributed by atoms with E-state index in [9.17, 15) is 13.2 Å². The van der Waals surface area contributed by atoms with Gasteiger partial charge in [-0.2, -0.15) is 0 Å². The Bertz CT molecular complexity index is 609. The van der Waals surface area contributed by atoms with Crippen molar-refractivity contribution in [3.05, 3.63) is 29.3 Å². The molecule has 0 unspecified atom stereocenters. The van der Waals surface area contributed by atoms with Crippen LogP contribution in [0.5, 0.6) is 0 Å².